The lowest BCUT2D eigenvalue weighted by Gasteiger charge is -2.19. The van der Waals surface area contributed by atoms with Crippen LogP contribution >= 0.6 is 0 Å². The normalized spacial score (nSPS) is 13.7. The van der Waals surface area contributed by atoms with Crippen LogP contribution in [-0.2, 0) is 19.9 Å². The van der Waals surface area contributed by atoms with E-state index in [-0.39, 0.29) is 11.7 Å². The number of hydrogen-bond acceptors (Lipinski definition) is 3. The van der Waals surface area contributed by atoms with Crippen molar-refractivity contribution in [1.82, 2.24) is 24.6 Å². The zero-order valence-corrected chi connectivity index (χ0v) is 17.1. The number of fused-ring (bicyclic) bond motifs is 1. The lowest BCUT2D eigenvalue weighted by Crippen LogP contribution is -2.32. The molecule has 31 heavy (non-hydrogen) atoms. The van der Waals surface area contributed by atoms with E-state index < -0.39 is 6.04 Å². The van der Waals surface area contributed by atoms with Crippen molar-refractivity contribution in [3.8, 4) is 5.69 Å². The number of halogens is 1. The molecule has 0 unspecified atom stereocenters. The number of nitrogens with one attached hydrogen (secondary N) is 1. The Kier molecular flexibility index (Phi) is 4.86. The van der Waals surface area contributed by atoms with E-state index in [4.69, 9.17) is 0 Å². The summed E-state index contributed by atoms with van der Waals surface area (Å²) < 4.78 is 17.2. The molecule has 5 rings (SSSR count). The van der Waals surface area contributed by atoms with Gasteiger partial charge in [-0.15, -0.1) is 0 Å². The predicted molar refractivity (Wildman–Crippen MR) is 115 cm³/mol. The second-order valence-corrected chi connectivity index (χ2v) is 7.73. The molecule has 2 heterocycles. The first-order valence-corrected chi connectivity index (χ1v) is 10.3. The van der Waals surface area contributed by atoms with E-state index in [0.29, 0.717) is 11.5 Å². The maximum absolute atomic E-state index is 13.5. The molecule has 156 valence electrons. The molecular weight excluding hydrogens is 393 g/mol. The van der Waals surface area contributed by atoms with Crippen molar-refractivity contribution in [3.05, 3.63) is 101 Å². The Labute approximate surface area is 179 Å². The van der Waals surface area contributed by atoms with Gasteiger partial charge >= 0.3 is 0 Å². The molecule has 2 aromatic heterocycles. The van der Waals surface area contributed by atoms with E-state index in [1.54, 1.807) is 18.3 Å². The van der Waals surface area contributed by atoms with Crippen LogP contribution in [-0.4, -0.2) is 25.2 Å². The molecule has 1 N–H and O–H groups in total. The van der Waals surface area contributed by atoms with E-state index in [2.05, 4.69) is 15.4 Å². The third-order valence-electron chi connectivity index (χ3n) is 5.74. The fourth-order valence-corrected chi connectivity index (χ4v) is 4.21. The van der Waals surface area contributed by atoms with Crippen molar-refractivity contribution in [2.45, 2.75) is 25.3 Å². The monoisotopic (exact) mass is 415 g/mol. The van der Waals surface area contributed by atoms with Crippen LogP contribution in [0.5, 0.6) is 0 Å². The summed E-state index contributed by atoms with van der Waals surface area (Å²) in [7, 11) is 1.87. The van der Waals surface area contributed by atoms with E-state index >= 15 is 0 Å². The van der Waals surface area contributed by atoms with Crippen LogP contribution in [0.3, 0.4) is 0 Å². The molecule has 1 aliphatic rings. The van der Waals surface area contributed by atoms with Gasteiger partial charge in [-0.25, -0.2) is 14.1 Å². The Morgan fingerprint density at radius 1 is 1.10 bits per heavy atom. The summed E-state index contributed by atoms with van der Waals surface area (Å²) in [5.41, 5.74) is 4.23. The minimum absolute atomic E-state index is 0.259. The van der Waals surface area contributed by atoms with Crippen LogP contribution in [0.15, 0.2) is 67.0 Å². The minimum atomic E-state index is -0.521. The van der Waals surface area contributed by atoms with Crippen LogP contribution < -0.4 is 5.32 Å². The number of nitrogens with zero attached hydrogens (tertiary/aromatic N) is 4. The highest BCUT2D eigenvalue weighted by Gasteiger charge is 2.29. The standard InChI is InChI=1S/C24H22FN5O/c1-29-15-14-26-23(29)21(16-10-12-17(25)13-11-16)27-24(31)22-19-8-5-9-20(19)30(28-22)18-6-3-2-4-7-18/h2-4,6-7,10-15,21H,5,8-9H2,1H3,(H,27,31)/t21-/m0/s1. The number of aryl methyl sites for hydroxylation is 1. The van der Waals surface area contributed by atoms with Gasteiger partial charge < -0.3 is 9.88 Å². The Morgan fingerprint density at radius 2 is 1.87 bits per heavy atom. The smallest absolute Gasteiger partial charge is 0.272 e. The Morgan fingerprint density at radius 3 is 2.58 bits per heavy atom. The van der Waals surface area contributed by atoms with Gasteiger partial charge in [-0.05, 0) is 49.1 Å². The molecule has 1 atom stereocenters. The summed E-state index contributed by atoms with van der Waals surface area (Å²) in [6, 6.07) is 15.5. The Bertz CT molecular complexity index is 1230. The number of hydrogen-bond donors (Lipinski definition) is 1. The van der Waals surface area contributed by atoms with Crippen molar-refractivity contribution in [2.24, 2.45) is 7.05 Å². The topological polar surface area (TPSA) is 64.7 Å². The van der Waals surface area contributed by atoms with E-state index in [1.165, 1.54) is 12.1 Å². The van der Waals surface area contributed by atoms with Crippen molar-refractivity contribution in [3.63, 3.8) is 0 Å². The van der Waals surface area contributed by atoms with E-state index in [1.807, 2.05) is 52.8 Å². The number of amides is 1. The van der Waals surface area contributed by atoms with Gasteiger partial charge in [-0.1, -0.05) is 30.3 Å². The molecular formula is C24H22FN5O. The molecule has 4 aromatic rings. The minimum Gasteiger partial charge on any atom is -0.337 e. The average Bonchev–Trinajstić information content (AvgIpc) is 3.50. The summed E-state index contributed by atoms with van der Waals surface area (Å²) in [4.78, 5) is 17.8. The molecule has 1 amide bonds. The van der Waals surface area contributed by atoms with Crippen molar-refractivity contribution < 1.29 is 9.18 Å². The summed E-state index contributed by atoms with van der Waals surface area (Å²) >= 11 is 0. The summed E-state index contributed by atoms with van der Waals surface area (Å²) in [6.45, 7) is 0. The van der Waals surface area contributed by atoms with Gasteiger partial charge in [0.05, 0.1) is 5.69 Å². The predicted octanol–water partition coefficient (Wildman–Crippen LogP) is 3.75. The number of rotatable bonds is 5. The maximum atomic E-state index is 13.5. The molecule has 7 heteroatoms. The van der Waals surface area contributed by atoms with Crippen LogP contribution in [0.25, 0.3) is 5.69 Å². The van der Waals surface area contributed by atoms with Gasteiger partial charge in [0.2, 0.25) is 0 Å². The third kappa shape index (κ3) is 3.52. The zero-order valence-electron chi connectivity index (χ0n) is 17.1. The summed E-state index contributed by atoms with van der Waals surface area (Å²) in [6.07, 6.45) is 6.22. The van der Waals surface area contributed by atoms with Crippen molar-refractivity contribution in [2.75, 3.05) is 0 Å². The number of benzene rings is 2. The second kappa shape index (κ2) is 7.83. The lowest BCUT2D eigenvalue weighted by atomic mass is 10.1. The maximum Gasteiger partial charge on any atom is 0.272 e. The lowest BCUT2D eigenvalue weighted by molar-refractivity contribution is 0.0934. The molecule has 2 aromatic carbocycles. The zero-order chi connectivity index (χ0) is 21.4. The van der Waals surface area contributed by atoms with E-state index in [9.17, 15) is 9.18 Å². The first-order chi connectivity index (χ1) is 15.1. The first-order valence-electron chi connectivity index (χ1n) is 10.3. The fourth-order valence-electron chi connectivity index (χ4n) is 4.21. The second-order valence-electron chi connectivity index (χ2n) is 7.73. The summed E-state index contributed by atoms with van der Waals surface area (Å²) in [5, 5.41) is 7.77. The van der Waals surface area contributed by atoms with Gasteiger partial charge in [0, 0.05) is 30.7 Å². The number of aromatic nitrogens is 4. The Hall–Kier alpha value is -3.74. The SMILES string of the molecule is Cn1ccnc1[C@@H](NC(=O)c1nn(-c2ccccc2)c2c1CCC2)c1ccc(F)cc1. The molecule has 6 nitrogen and oxygen atoms in total. The molecule has 0 saturated carbocycles. The van der Waals surface area contributed by atoms with Crippen molar-refractivity contribution in [1.29, 1.82) is 0 Å². The van der Waals surface area contributed by atoms with Crippen LogP contribution in [0.4, 0.5) is 4.39 Å². The Balaban J connectivity index is 1.52. The number of carbonyl (C=O) groups is 1. The molecule has 0 saturated heterocycles. The highest BCUT2D eigenvalue weighted by molar-refractivity contribution is 5.94. The fraction of sp³-hybridized carbons (Fsp3) is 0.208. The molecule has 0 radical (unpaired) electrons. The average molecular weight is 415 g/mol. The molecule has 0 spiro atoms. The number of carbonyl (C=O) groups excluding carboxylic acids is 1. The van der Waals surface area contributed by atoms with E-state index in [0.717, 1.165) is 41.8 Å². The summed E-state index contributed by atoms with van der Waals surface area (Å²) in [5.74, 6) is 0.0809. The number of para-hydroxylation sites is 1. The first kappa shape index (κ1) is 19.2. The molecule has 0 bridgehead atoms. The molecule has 1 aliphatic carbocycles. The quantitative estimate of drug-likeness (QED) is 0.540. The highest BCUT2D eigenvalue weighted by atomic mass is 19.1. The number of imidazole rings is 1. The van der Waals surface area contributed by atoms with Gasteiger partial charge in [0.25, 0.3) is 5.91 Å². The van der Waals surface area contributed by atoms with Gasteiger partial charge in [-0.2, -0.15) is 5.10 Å². The van der Waals surface area contributed by atoms with Gasteiger partial charge in [-0.3, -0.25) is 4.79 Å². The van der Waals surface area contributed by atoms with Crippen LogP contribution in [0.1, 0.15) is 45.6 Å². The molecule has 0 aliphatic heterocycles. The van der Waals surface area contributed by atoms with Crippen LogP contribution in [0.2, 0.25) is 0 Å². The van der Waals surface area contributed by atoms with Gasteiger partial charge in [0.15, 0.2) is 5.69 Å². The largest absolute Gasteiger partial charge is 0.337 e. The highest BCUT2D eigenvalue weighted by Crippen LogP contribution is 2.29. The van der Waals surface area contributed by atoms with Crippen molar-refractivity contribution >= 4 is 5.91 Å². The molecule has 0 fully saturated rings. The third-order valence-corrected chi connectivity index (χ3v) is 5.74. The van der Waals surface area contributed by atoms with Gasteiger partial charge in [0.1, 0.15) is 17.7 Å². The van der Waals surface area contributed by atoms with Crippen LogP contribution in [0, 0.1) is 5.82 Å².